The van der Waals surface area contributed by atoms with E-state index >= 15 is 0 Å². The minimum absolute atomic E-state index is 0.0262. The summed E-state index contributed by atoms with van der Waals surface area (Å²) in [6.45, 7) is 1.17. The van der Waals surface area contributed by atoms with Crippen molar-refractivity contribution < 1.29 is 17.9 Å². The number of carbonyl (C=O) groups excluding carboxylic acids is 1. The first-order valence-electron chi connectivity index (χ1n) is 4.90. The van der Waals surface area contributed by atoms with Gasteiger partial charge in [0.15, 0.2) is 0 Å². The summed E-state index contributed by atoms with van der Waals surface area (Å²) in [6.07, 6.45) is 0. The van der Waals surface area contributed by atoms with Crippen LogP contribution >= 0.6 is 15.9 Å². The summed E-state index contributed by atoms with van der Waals surface area (Å²) in [4.78, 5) is 11.0. The van der Waals surface area contributed by atoms with Gasteiger partial charge in [-0.15, -0.1) is 0 Å². The summed E-state index contributed by atoms with van der Waals surface area (Å²) in [7, 11) is -2.62. The maximum absolute atomic E-state index is 12.0. The quantitative estimate of drug-likeness (QED) is 0.625. The minimum atomic E-state index is -3.80. The molecule has 3 N–H and O–H groups in total. The number of rotatable bonds is 4. The molecule has 0 unspecified atom stereocenters. The molecular weight excluding hydrogens is 324 g/mol. The number of ether oxygens (including phenoxy) is 1. The molecule has 0 amide bonds. The molecule has 1 aromatic rings. The van der Waals surface area contributed by atoms with E-state index in [0.29, 0.717) is 15.7 Å². The van der Waals surface area contributed by atoms with E-state index < -0.39 is 22.5 Å². The lowest BCUT2D eigenvalue weighted by Crippen LogP contribution is -2.30. The zero-order valence-corrected chi connectivity index (χ0v) is 12.3. The second-order valence-corrected chi connectivity index (χ2v) is 6.17. The van der Waals surface area contributed by atoms with Crippen LogP contribution in [0, 0.1) is 6.92 Å². The topological polar surface area (TPSA) is 98.5 Å². The van der Waals surface area contributed by atoms with Crippen LogP contribution in [0.2, 0.25) is 0 Å². The summed E-state index contributed by atoms with van der Waals surface area (Å²) in [5.74, 6) is -0.667. The number of anilines is 1. The number of nitrogens with two attached hydrogens (primary N) is 1. The Bertz CT molecular complexity index is 571. The molecule has 0 fully saturated rings. The molecule has 0 saturated carbocycles. The molecule has 1 rings (SSSR count). The van der Waals surface area contributed by atoms with Gasteiger partial charge in [0.2, 0.25) is 10.0 Å². The molecule has 0 atom stereocenters. The van der Waals surface area contributed by atoms with Crippen LogP contribution in [0.4, 0.5) is 5.69 Å². The standard InChI is InChI=1S/C10H13BrN2O4S/c1-6-8(12)3-7(11)4-9(6)18(15,16)13-5-10(14)17-2/h3-4,13H,5,12H2,1-2H3. The fraction of sp³-hybridized carbons (Fsp3) is 0.300. The van der Waals surface area contributed by atoms with Crippen molar-refractivity contribution >= 4 is 37.6 Å². The van der Waals surface area contributed by atoms with Crippen LogP contribution in [-0.2, 0) is 19.6 Å². The predicted octanol–water partition coefficient (Wildman–Crippen LogP) is 0.791. The normalized spacial score (nSPS) is 11.3. The number of methoxy groups -OCH3 is 1. The SMILES string of the molecule is COC(=O)CNS(=O)(=O)c1cc(Br)cc(N)c1C. The van der Waals surface area contributed by atoms with Crippen molar-refractivity contribution in [2.45, 2.75) is 11.8 Å². The van der Waals surface area contributed by atoms with Gasteiger partial charge in [0.1, 0.15) is 6.54 Å². The van der Waals surface area contributed by atoms with Crippen LogP contribution in [0.3, 0.4) is 0 Å². The average Bonchev–Trinajstić information content (AvgIpc) is 2.30. The first kappa shape index (κ1) is 14.9. The molecule has 100 valence electrons. The molecule has 0 aliphatic rings. The van der Waals surface area contributed by atoms with Gasteiger partial charge >= 0.3 is 5.97 Å². The first-order chi connectivity index (χ1) is 8.27. The van der Waals surface area contributed by atoms with Gasteiger partial charge in [0.05, 0.1) is 12.0 Å². The third-order valence-corrected chi connectivity index (χ3v) is 4.27. The summed E-state index contributed by atoms with van der Waals surface area (Å²) >= 11 is 3.17. The van der Waals surface area contributed by atoms with Gasteiger partial charge in [0, 0.05) is 10.2 Å². The molecular formula is C10H13BrN2O4S. The Hall–Kier alpha value is -1.12. The van der Waals surface area contributed by atoms with E-state index in [-0.39, 0.29) is 4.90 Å². The highest BCUT2D eigenvalue weighted by molar-refractivity contribution is 9.10. The van der Waals surface area contributed by atoms with E-state index in [1.807, 2.05) is 0 Å². The minimum Gasteiger partial charge on any atom is -0.468 e. The second kappa shape index (κ2) is 5.68. The predicted molar refractivity (Wildman–Crippen MR) is 70.5 cm³/mol. The summed E-state index contributed by atoms with van der Waals surface area (Å²) in [5.41, 5.74) is 6.46. The van der Waals surface area contributed by atoms with E-state index in [4.69, 9.17) is 5.73 Å². The van der Waals surface area contributed by atoms with Crippen LogP contribution in [0.5, 0.6) is 0 Å². The summed E-state index contributed by atoms with van der Waals surface area (Å²) < 4.78 is 31.0. The van der Waals surface area contributed by atoms with Gasteiger partial charge in [-0.3, -0.25) is 4.79 Å². The van der Waals surface area contributed by atoms with Gasteiger partial charge in [0.25, 0.3) is 0 Å². The smallest absolute Gasteiger partial charge is 0.320 e. The Morgan fingerprint density at radius 1 is 1.50 bits per heavy atom. The van der Waals surface area contributed by atoms with Gasteiger partial charge < -0.3 is 10.5 Å². The fourth-order valence-corrected chi connectivity index (χ4v) is 3.15. The number of esters is 1. The van der Waals surface area contributed by atoms with Gasteiger partial charge in [-0.2, -0.15) is 4.72 Å². The molecule has 6 nitrogen and oxygen atoms in total. The number of nitrogens with one attached hydrogen (secondary N) is 1. The zero-order chi connectivity index (χ0) is 13.9. The van der Waals surface area contributed by atoms with E-state index in [1.54, 1.807) is 13.0 Å². The molecule has 0 heterocycles. The maximum Gasteiger partial charge on any atom is 0.320 e. The largest absolute Gasteiger partial charge is 0.468 e. The van der Waals surface area contributed by atoms with Crippen LogP contribution in [0.25, 0.3) is 0 Å². The Labute approximate surface area is 114 Å². The molecule has 0 saturated heterocycles. The number of hydrogen-bond acceptors (Lipinski definition) is 5. The maximum atomic E-state index is 12.0. The highest BCUT2D eigenvalue weighted by Gasteiger charge is 2.20. The van der Waals surface area contributed by atoms with Crippen molar-refractivity contribution in [2.24, 2.45) is 0 Å². The lowest BCUT2D eigenvalue weighted by molar-refractivity contribution is -0.139. The number of carbonyl (C=O) groups is 1. The monoisotopic (exact) mass is 336 g/mol. The molecule has 8 heteroatoms. The van der Waals surface area contributed by atoms with Crippen molar-refractivity contribution in [3.8, 4) is 0 Å². The molecule has 0 radical (unpaired) electrons. The van der Waals surface area contributed by atoms with E-state index in [2.05, 4.69) is 25.4 Å². The number of hydrogen-bond donors (Lipinski definition) is 2. The van der Waals surface area contributed by atoms with Crippen molar-refractivity contribution in [1.29, 1.82) is 0 Å². The third-order valence-electron chi connectivity index (χ3n) is 2.29. The molecule has 0 aliphatic carbocycles. The number of benzene rings is 1. The van der Waals surface area contributed by atoms with Crippen LogP contribution in [-0.4, -0.2) is 28.0 Å². The Morgan fingerprint density at radius 2 is 2.11 bits per heavy atom. The Kier molecular flexibility index (Phi) is 4.71. The Morgan fingerprint density at radius 3 is 2.67 bits per heavy atom. The highest BCUT2D eigenvalue weighted by Crippen LogP contribution is 2.25. The van der Waals surface area contributed by atoms with Gasteiger partial charge in [-0.25, -0.2) is 8.42 Å². The third kappa shape index (κ3) is 3.44. The Balaban J connectivity index is 3.09. The van der Waals surface area contributed by atoms with Crippen molar-refractivity contribution in [1.82, 2.24) is 4.72 Å². The zero-order valence-electron chi connectivity index (χ0n) is 9.86. The van der Waals surface area contributed by atoms with E-state index in [1.165, 1.54) is 13.2 Å². The highest BCUT2D eigenvalue weighted by atomic mass is 79.9. The number of sulfonamides is 1. The van der Waals surface area contributed by atoms with Crippen molar-refractivity contribution in [2.75, 3.05) is 19.4 Å². The van der Waals surface area contributed by atoms with Crippen LogP contribution in [0.1, 0.15) is 5.56 Å². The summed E-state index contributed by atoms with van der Waals surface area (Å²) in [5, 5.41) is 0. The van der Waals surface area contributed by atoms with Crippen molar-refractivity contribution in [3.05, 3.63) is 22.2 Å². The summed E-state index contributed by atoms with van der Waals surface area (Å²) in [6, 6.07) is 3.03. The van der Waals surface area contributed by atoms with Crippen LogP contribution < -0.4 is 10.5 Å². The fourth-order valence-electron chi connectivity index (χ4n) is 1.26. The number of nitrogen functional groups attached to an aromatic ring is 1. The first-order valence-corrected chi connectivity index (χ1v) is 7.17. The molecule has 18 heavy (non-hydrogen) atoms. The second-order valence-electron chi connectivity index (χ2n) is 3.52. The van der Waals surface area contributed by atoms with Crippen LogP contribution in [0.15, 0.2) is 21.5 Å². The molecule has 0 bridgehead atoms. The lowest BCUT2D eigenvalue weighted by Gasteiger charge is -2.11. The molecule has 0 aliphatic heterocycles. The van der Waals surface area contributed by atoms with E-state index in [0.717, 1.165) is 0 Å². The molecule has 1 aromatic carbocycles. The number of halogens is 1. The lowest BCUT2D eigenvalue weighted by atomic mass is 10.2. The average molecular weight is 337 g/mol. The molecule has 0 spiro atoms. The van der Waals surface area contributed by atoms with E-state index in [9.17, 15) is 13.2 Å². The van der Waals surface area contributed by atoms with Crippen molar-refractivity contribution in [3.63, 3.8) is 0 Å². The van der Waals surface area contributed by atoms with Gasteiger partial charge in [-0.05, 0) is 24.6 Å². The molecule has 0 aromatic heterocycles. The van der Waals surface area contributed by atoms with Gasteiger partial charge in [-0.1, -0.05) is 15.9 Å².